The predicted molar refractivity (Wildman–Crippen MR) is 212 cm³/mol. The summed E-state index contributed by atoms with van der Waals surface area (Å²) in [6.45, 7) is 3.84. The van der Waals surface area contributed by atoms with Crippen LogP contribution >= 0.6 is 0 Å². The number of aromatic nitrogens is 10. The molecule has 0 unspecified atom stereocenters. The smallest absolute Gasteiger partial charge is 0.326 e. The van der Waals surface area contributed by atoms with Crippen LogP contribution < -0.4 is 0 Å². The molecule has 61 heavy (non-hydrogen) atoms. The minimum atomic E-state index is -4.61. The van der Waals surface area contributed by atoms with E-state index in [-0.39, 0.29) is 61.5 Å². The van der Waals surface area contributed by atoms with Crippen molar-refractivity contribution in [2.45, 2.75) is 59.8 Å². The lowest BCUT2D eigenvalue weighted by atomic mass is 10.1. The average Bonchev–Trinajstić information content (AvgIpc) is 4.04. The number of pyridine rings is 2. The Bertz CT molecular complexity index is 2610. The largest absolute Gasteiger partial charge is 0.435 e. The summed E-state index contributed by atoms with van der Waals surface area (Å²) in [5.41, 5.74) is -0.439. The summed E-state index contributed by atoms with van der Waals surface area (Å²) in [5.74, 6) is -0.200. The number of nitrogens with zero attached hydrogens (tertiary/aromatic N) is 10. The molecule has 0 amide bonds. The Morgan fingerprint density at radius 3 is 1.44 bits per heavy atom. The highest BCUT2D eigenvalue weighted by Gasteiger charge is 2.41. The van der Waals surface area contributed by atoms with Gasteiger partial charge < -0.3 is 18.3 Å². The van der Waals surface area contributed by atoms with Gasteiger partial charge in [0.25, 0.3) is 0 Å². The Hall–Kier alpha value is -6.98. The third-order valence-electron chi connectivity index (χ3n) is 9.30. The Kier molecular flexibility index (Phi) is 12.9. The molecule has 0 saturated carbocycles. The third kappa shape index (κ3) is 9.42. The van der Waals surface area contributed by atoms with Gasteiger partial charge in [-0.3, -0.25) is 0 Å². The van der Waals surface area contributed by atoms with Gasteiger partial charge >= 0.3 is 12.4 Å². The monoisotopic (exact) mass is 846 g/mol. The average molecular weight is 847 g/mol. The number of alkyl halides is 6. The highest BCUT2D eigenvalue weighted by Crippen LogP contribution is 2.39. The zero-order valence-corrected chi connectivity index (χ0v) is 31.9. The first kappa shape index (κ1) is 43.6. The van der Waals surface area contributed by atoms with Crippen molar-refractivity contribution in [3.05, 3.63) is 157 Å². The quantitative estimate of drug-likeness (QED) is 0.100. The van der Waals surface area contributed by atoms with Crippen LogP contribution in [0.1, 0.15) is 44.3 Å². The normalized spacial score (nSPS) is 11.6. The third-order valence-corrected chi connectivity index (χ3v) is 9.30. The summed E-state index contributed by atoms with van der Waals surface area (Å²) in [6, 6.07) is 25.2. The van der Waals surface area contributed by atoms with Crippen molar-refractivity contribution >= 4 is 0 Å². The highest BCUT2D eigenvalue weighted by molar-refractivity contribution is 5.65. The second-order valence-corrected chi connectivity index (χ2v) is 13.1. The van der Waals surface area contributed by atoms with Crippen molar-refractivity contribution in [1.29, 1.82) is 0 Å². The van der Waals surface area contributed by atoms with Gasteiger partial charge in [0.05, 0.1) is 18.8 Å². The van der Waals surface area contributed by atoms with E-state index < -0.39 is 35.6 Å². The Labute approximate surface area is 344 Å². The summed E-state index contributed by atoms with van der Waals surface area (Å²) >= 11 is 0. The second-order valence-electron chi connectivity index (χ2n) is 13.1. The van der Waals surface area contributed by atoms with E-state index >= 15 is 0 Å². The fourth-order valence-corrected chi connectivity index (χ4v) is 6.80. The van der Waals surface area contributed by atoms with Gasteiger partial charge in [-0.05, 0) is 38.1 Å². The van der Waals surface area contributed by atoms with E-state index in [2.05, 4.69) is 29.9 Å². The number of benzene rings is 2. The van der Waals surface area contributed by atoms with E-state index in [4.69, 9.17) is 0 Å². The topological polar surface area (TPSA) is 97.1 Å². The van der Waals surface area contributed by atoms with Gasteiger partial charge in [-0.25, -0.2) is 29.9 Å². The lowest BCUT2D eigenvalue weighted by Crippen LogP contribution is -2.17. The molecular formula is C43H38F8N10. The summed E-state index contributed by atoms with van der Waals surface area (Å²) in [5, 5.41) is 0. The molecule has 316 valence electrons. The molecule has 18 heteroatoms. The molecule has 0 bridgehead atoms. The van der Waals surface area contributed by atoms with Crippen LogP contribution in [0.25, 0.3) is 45.6 Å². The predicted octanol–water partition coefficient (Wildman–Crippen LogP) is 10.7. The molecule has 0 aliphatic carbocycles. The first-order valence-corrected chi connectivity index (χ1v) is 18.5. The van der Waals surface area contributed by atoms with Crippen molar-refractivity contribution in [3.63, 3.8) is 0 Å². The van der Waals surface area contributed by atoms with E-state index in [1.165, 1.54) is 36.7 Å². The van der Waals surface area contributed by atoms with Gasteiger partial charge in [-0.15, -0.1) is 0 Å². The molecule has 8 aromatic rings. The molecule has 6 aromatic heterocycles. The first-order valence-electron chi connectivity index (χ1n) is 18.5. The van der Waals surface area contributed by atoms with Crippen LogP contribution in [0, 0.1) is 11.9 Å². The molecule has 0 aliphatic heterocycles. The zero-order chi connectivity index (χ0) is 42.6. The van der Waals surface area contributed by atoms with Crippen molar-refractivity contribution in [2.75, 3.05) is 0 Å². The Morgan fingerprint density at radius 2 is 1.00 bits per heavy atom. The van der Waals surface area contributed by atoms with Crippen LogP contribution in [-0.2, 0) is 38.5 Å². The lowest BCUT2D eigenvalue weighted by molar-refractivity contribution is -0.143. The summed E-state index contributed by atoms with van der Waals surface area (Å²) < 4.78 is 116. The van der Waals surface area contributed by atoms with Gasteiger partial charge in [-0.2, -0.15) is 35.1 Å². The summed E-state index contributed by atoms with van der Waals surface area (Å²) in [6.07, 6.45) is -3.00. The molecule has 0 N–H and O–H groups in total. The van der Waals surface area contributed by atoms with Crippen LogP contribution in [0.5, 0.6) is 0 Å². The van der Waals surface area contributed by atoms with Crippen molar-refractivity contribution in [1.82, 2.24) is 48.2 Å². The van der Waals surface area contributed by atoms with Crippen molar-refractivity contribution < 1.29 is 35.1 Å². The molecule has 0 spiro atoms. The number of imidazole rings is 4. The molecule has 0 fully saturated rings. The van der Waals surface area contributed by atoms with Gasteiger partial charge in [0, 0.05) is 49.0 Å². The maximum absolute atomic E-state index is 13.9. The van der Waals surface area contributed by atoms with Crippen LogP contribution in [-0.4, -0.2) is 48.2 Å². The van der Waals surface area contributed by atoms with Crippen LogP contribution in [0.2, 0.25) is 0 Å². The number of halogens is 8. The zero-order valence-electron chi connectivity index (χ0n) is 31.9. The summed E-state index contributed by atoms with van der Waals surface area (Å²) in [7, 11) is 0. The summed E-state index contributed by atoms with van der Waals surface area (Å²) in [4.78, 5) is 24.3. The first-order chi connectivity index (χ1) is 28.8. The van der Waals surface area contributed by atoms with Crippen LogP contribution in [0.15, 0.2) is 122 Å². The fraction of sp³-hybridized carbons (Fsp3) is 0.209. The maximum Gasteiger partial charge on any atom is 0.435 e. The van der Waals surface area contributed by atoms with Crippen molar-refractivity contribution in [3.8, 4) is 45.6 Å². The fourth-order valence-electron chi connectivity index (χ4n) is 6.80. The molecule has 2 aromatic carbocycles. The molecular weight excluding hydrogens is 809 g/mol. The lowest BCUT2D eigenvalue weighted by Gasteiger charge is -2.14. The standard InChI is InChI=1S/2C21H17F4N5.CH4/c1-2-30-17(13-29-12-11-26-20(29)15-9-6-10-16(22)27-15)28-19(21(23,24)25)18(30)14-7-4-3-5-8-14;1-2-30-17(13-29-12-11-26-20(29)15-9-6-10-16(22)27-15)28-18(19(30)21(23,24)25)14-7-4-3-5-8-14;/h2*3-12H,2,13H2,1H3;1H4. The SMILES string of the molecule is C.CCn1c(Cn2ccnc2-c2cccc(F)n2)nc(-c2ccccc2)c1C(F)(F)F.CCn1c(Cn2ccnc2-c2cccc(F)n2)nc(C(F)(F)F)c1-c1ccccc1. The van der Waals surface area contributed by atoms with Gasteiger partial charge in [0.2, 0.25) is 11.9 Å². The van der Waals surface area contributed by atoms with Gasteiger partial charge in [-0.1, -0.05) is 80.2 Å². The highest BCUT2D eigenvalue weighted by atomic mass is 19.4. The molecule has 0 atom stereocenters. The van der Waals surface area contributed by atoms with Crippen molar-refractivity contribution in [2.24, 2.45) is 0 Å². The van der Waals surface area contributed by atoms with E-state index in [1.807, 2.05) is 0 Å². The van der Waals surface area contributed by atoms with E-state index in [9.17, 15) is 35.1 Å². The van der Waals surface area contributed by atoms with E-state index in [0.717, 1.165) is 4.57 Å². The molecule has 0 saturated heterocycles. The maximum atomic E-state index is 13.9. The molecule has 6 heterocycles. The second kappa shape index (κ2) is 18.1. The molecule has 10 nitrogen and oxygen atoms in total. The minimum absolute atomic E-state index is 0. The van der Waals surface area contributed by atoms with Crippen LogP contribution in [0.4, 0.5) is 35.1 Å². The molecule has 0 radical (unpaired) electrons. The number of hydrogen-bond acceptors (Lipinski definition) is 6. The molecule has 0 aliphatic rings. The Morgan fingerprint density at radius 1 is 0.525 bits per heavy atom. The Balaban J connectivity index is 0.000000201. The van der Waals surface area contributed by atoms with E-state index in [1.54, 1.807) is 113 Å². The number of hydrogen-bond donors (Lipinski definition) is 0. The van der Waals surface area contributed by atoms with Gasteiger partial charge in [0.1, 0.15) is 28.7 Å². The minimum Gasteiger partial charge on any atom is -0.326 e. The van der Waals surface area contributed by atoms with Crippen LogP contribution in [0.3, 0.4) is 0 Å². The van der Waals surface area contributed by atoms with E-state index in [0.29, 0.717) is 29.3 Å². The van der Waals surface area contributed by atoms with Gasteiger partial charge in [0.15, 0.2) is 23.0 Å². The number of rotatable bonds is 10. The molecule has 8 rings (SSSR count).